The SMILES string of the molecule is CN(C)c1nc(Cl)cc(C(F)(F)F)n1. The Balaban J connectivity index is 3.21. The van der Waals surface area contributed by atoms with Crippen LogP contribution in [-0.4, -0.2) is 24.1 Å². The minimum absolute atomic E-state index is 0.0650. The summed E-state index contributed by atoms with van der Waals surface area (Å²) < 4.78 is 36.7. The summed E-state index contributed by atoms with van der Waals surface area (Å²) in [5, 5.41) is -0.226. The van der Waals surface area contributed by atoms with Crippen molar-refractivity contribution in [3.63, 3.8) is 0 Å². The van der Waals surface area contributed by atoms with Crippen LogP contribution >= 0.6 is 11.6 Å². The quantitative estimate of drug-likeness (QED) is 0.687. The first kappa shape index (κ1) is 11.0. The summed E-state index contributed by atoms with van der Waals surface area (Å²) in [4.78, 5) is 8.29. The smallest absolute Gasteiger partial charge is 0.347 e. The first-order chi connectivity index (χ1) is 6.30. The summed E-state index contributed by atoms with van der Waals surface area (Å²) in [5.41, 5.74) is -1.04. The van der Waals surface area contributed by atoms with Crippen LogP contribution in [0.15, 0.2) is 6.07 Å². The number of nitrogens with zero attached hydrogens (tertiary/aromatic N) is 3. The zero-order chi connectivity index (χ0) is 10.9. The molecule has 0 radical (unpaired) electrons. The molecule has 0 saturated heterocycles. The van der Waals surface area contributed by atoms with Gasteiger partial charge in [0.1, 0.15) is 5.15 Å². The van der Waals surface area contributed by atoms with E-state index in [0.29, 0.717) is 6.07 Å². The Bertz CT molecular complexity index is 337. The Kier molecular flexibility index (Phi) is 2.84. The molecule has 78 valence electrons. The fourth-order valence-electron chi connectivity index (χ4n) is 0.751. The van der Waals surface area contributed by atoms with Crippen molar-refractivity contribution < 1.29 is 13.2 Å². The number of aromatic nitrogens is 2. The van der Waals surface area contributed by atoms with Gasteiger partial charge in [-0.15, -0.1) is 0 Å². The van der Waals surface area contributed by atoms with Gasteiger partial charge in [0.05, 0.1) is 0 Å². The van der Waals surface area contributed by atoms with Gasteiger partial charge < -0.3 is 4.90 Å². The van der Waals surface area contributed by atoms with Gasteiger partial charge >= 0.3 is 6.18 Å². The van der Waals surface area contributed by atoms with Crippen LogP contribution in [0.5, 0.6) is 0 Å². The summed E-state index contributed by atoms with van der Waals surface area (Å²) in [6, 6.07) is 0.689. The van der Waals surface area contributed by atoms with Crippen LogP contribution in [-0.2, 0) is 6.18 Å². The maximum atomic E-state index is 12.2. The van der Waals surface area contributed by atoms with Crippen LogP contribution in [0.4, 0.5) is 19.1 Å². The maximum absolute atomic E-state index is 12.2. The maximum Gasteiger partial charge on any atom is 0.433 e. The zero-order valence-electron chi connectivity index (χ0n) is 7.43. The summed E-state index contributed by atoms with van der Waals surface area (Å²) in [7, 11) is 3.07. The number of anilines is 1. The van der Waals surface area contributed by atoms with Gasteiger partial charge in [-0.05, 0) is 0 Å². The minimum atomic E-state index is -4.50. The van der Waals surface area contributed by atoms with Gasteiger partial charge in [0.15, 0.2) is 5.69 Å². The molecule has 0 aliphatic carbocycles. The highest BCUT2D eigenvalue weighted by molar-refractivity contribution is 6.29. The lowest BCUT2D eigenvalue weighted by molar-refractivity contribution is -0.141. The molecule has 0 atom stereocenters. The van der Waals surface area contributed by atoms with Crippen molar-refractivity contribution in [1.29, 1.82) is 0 Å². The number of halogens is 4. The van der Waals surface area contributed by atoms with Gasteiger partial charge in [-0.25, -0.2) is 9.97 Å². The molecular formula is C7H7ClF3N3. The molecule has 0 saturated carbocycles. The van der Waals surface area contributed by atoms with Crippen molar-refractivity contribution in [3.8, 4) is 0 Å². The fraction of sp³-hybridized carbons (Fsp3) is 0.429. The molecular weight excluding hydrogens is 219 g/mol. The van der Waals surface area contributed by atoms with E-state index in [2.05, 4.69) is 9.97 Å². The monoisotopic (exact) mass is 225 g/mol. The molecule has 1 heterocycles. The van der Waals surface area contributed by atoms with E-state index in [1.807, 2.05) is 0 Å². The number of hydrogen-bond donors (Lipinski definition) is 0. The van der Waals surface area contributed by atoms with Crippen LogP contribution in [0.25, 0.3) is 0 Å². The Labute approximate surface area is 83.5 Å². The van der Waals surface area contributed by atoms with E-state index in [-0.39, 0.29) is 11.1 Å². The third kappa shape index (κ3) is 2.47. The minimum Gasteiger partial charge on any atom is -0.347 e. The second-order valence-electron chi connectivity index (χ2n) is 2.77. The highest BCUT2D eigenvalue weighted by atomic mass is 35.5. The Morgan fingerprint density at radius 3 is 2.29 bits per heavy atom. The predicted octanol–water partition coefficient (Wildman–Crippen LogP) is 2.21. The van der Waals surface area contributed by atoms with Gasteiger partial charge in [0.2, 0.25) is 5.95 Å². The first-order valence-electron chi connectivity index (χ1n) is 3.60. The summed E-state index contributed by atoms with van der Waals surface area (Å²) in [6.07, 6.45) is -4.50. The van der Waals surface area contributed by atoms with Crippen molar-refractivity contribution in [1.82, 2.24) is 9.97 Å². The molecule has 0 aliphatic rings. The highest BCUT2D eigenvalue weighted by Gasteiger charge is 2.33. The largest absolute Gasteiger partial charge is 0.433 e. The average molecular weight is 226 g/mol. The molecule has 1 aromatic rings. The van der Waals surface area contributed by atoms with E-state index in [9.17, 15) is 13.2 Å². The lowest BCUT2D eigenvalue weighted by atomic mass is 10.4. The predicted molar refractivity (Wildman–Crippen MR) is 46.4 cm³/mol. The topological polar surface area (TPSA) is 29.0 Å². The van der Waals surface area contributed by atoms with Crippen LogP contribution in [0.3, 0.4) is 0 Å². The molecule has 14 heavy (non-hydrogen) atoms. The molecule has 0 amide bonds. The average Bonchev–Trinajstić information content (AvgIpc) is 2.01. The Morgan fingerprint density at radius 2 is 1.86 bits per heavy atom. The van der Waals surface area contributed by atoms with Gasteiger partial charge in [0, 0.05) is 20.2 Å². The molecule has 0 aromatic carbocycles. The van der Waals surface area contributed by atoms with Crippen molar-refractivity contribution in [3.05, 3.63) is 16.9 Å². The first-order valence-corrected chi connectivity index (χ1v) is 3.97. The van der Waals surface area contributed by atoms with Gasteiger partial charge in [-0.2, -0.15) is 13.2 Å². The van der Waals surface area contributed by atoms with Crippen molar-refractivity contribution in [2.45, 2.75) is 6.18 Å². The third-order valence-corrected chi connectivity index (χ3v) is 1.57. The molecule has 0 bridgehead atoms. The second kappa shape index (κ2) is 3.61. The van der Waals surface area contributed by atoms with E-state index in [4.69, 9.17) is 11.6 Å². The van der Waals surface area contributed by atoms with Gasteiger partial charge in [0.25, 0.3) is 0 Å². The van der Waals surface area contributed by atoms with E-state index >= 15 is 0 Å². The molecule has 1 rings (SSSR count). The molecule has 0 unspecified atom stereocenters. The fourth-order valence-corrected chi connectivity index (χ4v) is 0.930. The van der Waals surface area contributed by atoms with E-state index in [1.165, 1.54) is 19.0 Å². The molecule has 0 aliphatic heterocycles. The van der Waals surface area contributed by atoms with Crippen molar-refractivity contribution in [2.75, 3.05) is 19.0 Å². The van der Waals surface area contributed by atoms with E-state index < -0.39 is 11.9 Å². The molecule has 0 spiro atoms. The summed E-state index contributed by atoms with van der Waals surface area (Å²) in [6.45, 7) is 0. The molecule has 7 heteroatoms. The van der Waals surface area contributed by atoms with Crippen molar-refractivity contribution >= 4 is 17.5 Å². The molecule has 3 nitrogen and oxygen atoms in total. The standard InChI is InChI=1S/C7H7ClF3N3/c1-14(2)6-12-4(7(9,10)11)3-5(8)13-6/h3H,1-2H3. The number of hydrogen-bond acceptors (Lipinski definition) is 3. The summed E-state index contributed by atoms with van der Waals surface area (Å²) >= 11 is 5.42. The zero-order valence-corrected chi connectivity index (χ0v) is 8.19. The van der Waals surface area contributed by atoms with Gasteiger partial charge in [-0.1, -0.05) is 11.6 Å². The second-order valence-corrected chi connectivity index (χ2v) is 3.16. The van der Waals surface area contributed by atoms with Crippen LogP contribution in [0, 0.1) is 0 Å². The molecule has 0 N–H and O–H groups in total. The lowest BCUT2D eigenvalue weighted by Crippen LogP contribution is -2.16. The highest BCUT2D eigenvalue weighted by Crippen LogP contribution is 2.29. The van der Waals surface area contributed by atoms with E-state index in [0.717, 1.165) is 0 Å². The number of alkyl halides is 3. The Hall–Kier alpha value is -1.04. The number of rotatable bonds is 1. The van der Waals surface area contributed by atoms with Crippen LogP contribution in [0.1, 0.15) is 5.69 Å². The van der Waals surface area contributed by atoms with Crippen LogP contribution in [0.2, 0.25) is 5.15 Å². The lowest BCUT2D eigenvalue weighted by Gasteiger charge is -2.12. The Morgan fingerprint density at radius 1 is 1.29 bits per heavy atom. The molecule has 1 aromatic heterocycles. The van der Waals surface area contributed by atoms with Crippen molar-refractivity contribution in [2.24, 2.45) is 0 Å². The van der Waals surface area contributed by atoms with Gasteiger partial charge in [-0.3, -0.25) is 0 Å². The van der Waals surface area contributed by atoms with E-state index in [1.54, 1.807) is 0 Å². The van der Waals surface area contributed by atoms with Crippen LogP contribution < -0.4 is 4.90 Å². The summed E-state index contributed by atoms with van der Waals surface area (Å²) in [5.74, 6) is -0.0650. The normalized spacial score (nSPS) is 11.6. The molecule has 0 fully saturated rings. The third-order valence-electron chi connectivity index (χ3n) is 1.37.